The van der Waals surface area contributed by atoms with E-state index in [-0.39, 0.29) is 73.7 Å². The fourth-order valence-corrected chi connectivity index (χ4v) is 3.38. The molecule has 0 radical (unpaired) electrons. The molecule has 35 heavy (non-hydrogen) atoms. The number of benzene rings is 1. The number of H-pyrrole nitrogens is 1. The standard InChI is InChI=1S/C20H23N7O7.Ca/c21-20-25-16-15(18(32)26-20)27(9-28)12(8-23-16)7-22-11-3-1-10(2-4-11)17(31)24-13(19(33)34)5-6-14(29)30;/h1-4,9,12-13,22H,5-8H2,(H,24,31)(H,29,30)(H,33,34)(H4,21,23,25,26,32);/q;+2/p-2/t12-,13+;/m0./s1. The topological polar surface area (TPSA) is 225 Å². The van der Waals surface area contributed by atoms with Gasteiger partial charge in [0.25, 0.3) is 11.5 Å². The first-order valence-electron chi connectivity index (χ1n) is 10.1. The third-order valence-corrected chi connectivity index (χ3v) is 5.10. The summed E-state index contributed by atoms with van der Waals surface area (Å²) in [6.45, 7) is 0.544. The number of carboxylic acids is 2. The molecular formula is C20H21CaN7O7. The molecule has 14 nitrogen and oxygen atoms in total. The number of carbonyl (C=O) groups is 4. The van der Waals surface area contributed by atoms with Gasteiger partial charge < -0.3 is 46.4 Å². The number of carbonyl (C=O) groups excluding carboxylic acids is 4. The van der Waals surface area contributed by atoms with Crippen LogP contribution in [0.15, 0.2) is 29.1 Å². The molecule has 0 unspecified atom stereocenters. The SMILES string of the molecule is Nc1nc2c(c(=O)[nH]1)N(C=O)[C@@H](CNc1ccc(C(=O)N[C@H](CCC(=O)[O-])C(=O)[O-])cc1)CN2.[Ca+2]. The quantitative estimate of drug-likeness (QED) is 0.154. The Balaban J connectivity index is 0.00000432. The van der Waals surface area contributed by atoms with Gasteiger partial charge in [0.2, 0.25) is 12.4 Å². The van der Waals surface area contributed by atoms with Gasteiger partial charge in [-0.25, -0.2) is 0 Å². The van der Waals surface area contributed by atoms with Crippen LogP contribution in [0, 0.1) is 0 Å². The van der Waals surface area contributed by atoms with Crippen molar-refractivity contribution in [3.05, 3.63) is 40.2 Å². The predicted octanol–water partition coefficient (Wildman–Crippen LogP) is -3.78. The molecule has 0 bridgehead atoms. The van der Waals surface area contributed by atoms with Crippen LogP contribution < -0.4 is 42.4 Å². The number of rotatable bonds is 10. The average Bonchev–Trinajstić information content (AvgIpc) is 2.79. The first-order chi connectivity index (χ1) is 16.2. The number of carboxylic acid groups (broad SMARTS) is 2. The van der Waals surface area contributed by atoms with Crippen molar-refractivity contribution in [3.63, 3.8) is 0 Å². The minimum atomic E-state index is -1.60. The number of aliphatic carboxylic acids is 2. The summed E-state index contributed by atoms with van der Waals surface area (Å²) >= 11 is 0. The van der Waals surface area contributed by atoms with Crippen molar-refractivity contribution >= 4 is 85.1 Å². The van der Waals surface area contributed by atoms with E-state index in [2.05, 4.69) is 25.9 Å². The Morgan fingerprint density at radius 2 is 1.94 bits per heavy atom. The van der Waals surface area contributed by atoms with E-state index in [0.717, 1.165) is 0 Å². The number of hydrogen-bond donors (Lipinski definition) is 5. The smallest absolute Gasteiger partial charge is 0.550 e. The zero-order valence-corrected chi connectivity index (χ0v) is 20.6. The van der Waals surface area contributed by atoms with Gasteiger partial charge in [-0.1, -0.05) is 0 Å². The summed E-state index contributed by atoms with van der Waals surface area (Å²) in [5.74, 6) is -3.63. The molecule has 0 fully saturated rings. The first kappa shape index (κ1) is 27.9. The third-order valence-electron chi connectivity index (χ3n) is 5.10. The van der Waals surface area contributed by atoms with Crippen molar-refractivity contribution in [3.8, 4) is 0 Å². The number of nitrogen functional groups attached to an aromatic ring is 1. The Kier molecular flexibility index (Phi) is 9.86. The van der Waals surface area contributed by atoms with Crippen LogP contribution in [0.4, 0.5) is 23.1 Å². The fraction of sp³-hybridized carbons (Fsp3) is 0.300. The summed E-state index contributed by atoms with van der Waals surface area (Å²) in [4.78, 5) is 65.4. The fourth-order valence-electron chi connectivity index (χ4n) is 3.38. The zero-order chi connectivity index (χ0) is 24.8. The molecule has 1 aliphatic rings. The summed E-state index contributed by atoms with van der Waals surface area (Å²) in [6, 6.07) is 4.08. The molecular weight excluding hydrogens is 490 g/mol. The van der Waals surface area contributed by atoms with Crippen LogP contribution in [0.3, 0.4) is 0 Å². The van der Waals surface area contributed by atoms with Crippen molar-refractivity contribution in [1.29, 1.82) is 0 Å². The number of nitrogens with zero attached hydrogens (tertiary/aromatic N) is 2. The average molecular weight is 512 g/mol. The van der Waals surface area contributed by atoms with E-state index in [4.69, 9.17) is 5.73 Å². The minimum Gasteiger partial charge on any atom is -0.550 e. The van der Waals surface area contributed by atoms with Crippen LogP contribution in [-0.2, 0) is 14.4 Å². The molecule has 3 rings (SSSR count). The molecule has 2 atom stereocenters. The Hall–Kier alpha value is -3.36. The van der Waals surface area contributed by atoms with E-state index in [1.54, 1.807) is 12.1 Å². The van der Waals surface area contributed by atoms with Crippen LogP contribution in [0.25, 0.3) is 0 Å². The molecule has 15 heteroatoms. The molecule has 1 aliphatic heterocycles. The van der Waals surface area contributed by atoms with E-state index >= 15 is 0 Å². The molecule has 6 N–H and O–H groups in total. The number of nitrogens with two attached hydrogens (primary N) is 1. The minimum absolute atomic E-state index is 0. The van der Waals surface area contributed by atoms with Crippen molar-refractivity contribution in [2.75, 3.05) is 34.4 Å². The van der Waals surface area contributed by atoms with Crippen molar-refractivity contribution in [1.82, 2.24) is 15.3 Å². The summed E-state index contributed by atoms with van der Waals surface area (Å²) in [5.41, 5.74) is 5.75. The second-order valence-electron chi connectivity index (χ2n) is 7.41. The Labute approximate surface area is 228 Å². The number of aromatic nitrogens is 2. The van der Waals surface area contributed by atoms with Crippen LogP contribution in [0.2, 0.25) is 0 Å². The van der Waals surface area contributed by atoms with Crippen molar-refractivity contribution < 1.29 is 29.4 Å². The molecule has 1 aromatic carbocycles. The second kappa shape index (κ2) is 12.4. The van der Waals surface area contributed by atoms with Gasteiger partial charge in [-0.05, 0) is 37.1 Å². The maximum Gasteiger partial charge on any atom is 2.00 e. The maximum atomic E-state index is 12.3. The van der Waals surface area contributed by atoms with Crippen LogP contribution >= 0.6 is 0 Å². The van der Waals surface area contributed by atoms with Gasteiger partial charge in [0, 0.05) is 30.3 Å². The third kappa shape index (κ3) is 7.07. The number of aromatic amines is 1. The largest absolute Gasteiger partial charge is 2.00 e. The Bertz CT molecular complexity index is 1160. The van der Waals surface area contributed by atoms with Crippen molar-refractivity contribution in [2.24, 2.45) is 0 Å². The summed E-state index contributed by atoms with van der Waals surface area (Å²) in [6.07, 6.45) is -0.386. The molecule has 1 aromatic heterocycles. The molecule has 0 saturated carbocycles. The van der Waals surface area contributed by atoms with Crippen LogP contribution in [0.5, 0.6) is 0 Å². The second-order valence-corrected chi connectivity index (χ2v) is 7.41. The Morgan fingerprint density at radius 1 is 1.26 bits per heavy atom. The van der Waals surface area contributed by atoms with Gasteiger partial charge in [-0.2, -0.15) is 4.98 Å². The molecule has 0 spiro atoms. The molecule has 0 aliphatic carbocycles. The van der Waals surface area contributed by atoms with Gasteiger partial charge in [0.05, 0.1) is 18.1 Å². The van der Waals surface area contributed by atoms with Crippen LogP contribution in [0.1, 0.15) is 23.2 Å². The summed E-state index contributed by atoms with van der Waals surface area (Å²) in [7, 11) is 0. The molecule has 2 aromatic rings. The van der Waals surface area contributed by atoms with E-state index in [1.807, 2.05) is 0 Å². The number of hydrogen-bond acceptors (Lipinski definition) is 11. The molecule has 2 amide bonds. The number of anilines is 4. The van der Waals surface area contributed by atoms with Crippen LogP contribution in [-0.4, -0.2) is 97.1 Å². The summed E-state index contributed by atoms with van der Waals surface area (Å²) in [5, 5.41) is 29.9. The van der Waals surface area contributed by atoms with Gasteiger partial charge in [0.15, 0.2) is 11.5 Å². The van der Waals surface area contributed by atoms with Gasteiger partial charge in [-0.15, -0.1) is 0 Å². The number of fused-ring (bicyclic) bond motifs is 1. The Morgan fingerprint density at radius 3 is 2.54 bits per heavy atom. The van der Waals surface area contributed by atoms with E-state index in [1.165, 1.54) is 17.0 Å². The van der Waals surface area contributed by atoms with Crippen molar-refractivity contribution in [2.45, 2.75) is 24.9 Å². The molecule has 180 valence electrons. The molecule has 2 heterocycles. The van der Waals surface area contributed by atoms with E-state index in [0.29, 0.717) is 18.6 Å². The van der Waals surface area contributed by atoms with E-state index < -0.39 is 41.9 Å². The van der Waals surface area contributed by atoms with Gasteiger partial charge in [0.1, 0.15) is 0 Å². The molecule has 0 saturated heterocycles. The first-order valence-corrected chi connectivity index (χ1v) is 10.1. The zero-order valence-electron chi connectivity index (χ0n) is 18.4. The number of amides is 2. The number of nitrogens with one attached hydrogen (secondary N) is 4. The normalized spacial score (nSPS) is 15.0. The summed E-state index contributed by atoms with van der Waals surface area (Å²) < 4.78 is 0. The van der Waals surface area contributed by atoms with Gasteiger partial charge >= 0.3 is 37.7 Å². The van der Waals surface area contributed by atoms with Gasteiger partial charge in [-0.3, -0.25) is 19.4 Å². The maximum absolute atomic E-state index is 12.3. The van der Waals surface area contributed by atoms with E-state index in [9.17, 15) is 34.2 Å². The monoisotopic (exact) mass is 511 g/mol. The predicted molar refractivity (Wildman–Crippen MR) is 121 cm³/mol.